The highest BCUT2D eigenvalue weighted by atomic mass is 35.5. The van der Waals surface area contributed by atoms with Crippen LogP contribution in [-0.2, 0) is 0 Å². The molecule has 4 rings (SSSR count). The van der Waals surface area contributed by atoms with Gasteiger partial charge in [0.1, 0.15) is 4.99 Å². The van der Waals surface area contributed by atoms with E-state index in [1.165, 1.54) is 16.5 Å². The van der Waals surface area contributed by atoms with Crippen LogP contribution >= 0.6 is 23.8 Å². The summed E-state index contributed by atoms with van der Waals surface area (Å²) in [6, 6.07) is 22.9. The molecule has 0 unspecified atom stereocenters. The smallest absolute Gasteiger partial charge is 0.110 e. The zero-order valence-electron chi connectivity index (χ0n) is 13.9. The first kappa shape index (κ1) is 16.4. The van der Waals surface area contributed by atoms with Gasteiger partial charge >= 0.3 is 0 Å². The molecule has 0 aromatic heterocycles. The van der Waals surface area contributed by atoms with E-state index in [2.05, 4.69) is 52.3 Å². The third kappa shape index (κ3) is 3.22. The Labute approximate surface area is 158 Å². The quantitative estimate of drug-likeness (QED) is 0.590. The number of benzene rings is 3. The average molecular weight is 367 g/mol. The Morgan fingerprint density at radius 3 is 2.28 bits per heavy atom. The highest BCUT2D eigenvalue weighted by molar-refractivity contribution is 7.80. The van der Waals surface area contributed by atoms with Gasteiger partial charge in [0.2, 0.25) is 0 Å². The average Bonchev–Trinajstić information content (AvgIpc) is 2.67. The number of hydrogen-bond donors (Lipinski definition) is 0. The summed E-state index contributed by atoms with van der Waals surface area (Å²) in [5.74, 6) is 0. The van der Waals surface area contributed by atoms with Gasteiger partial charge in [-0.2, -0.15) is 0 Å². The van der Waals surface area contributed by atoms with Gasteiger partial charge in [-0.3, -0.25) is 0 Å². The van der Waals surface area contributed by atoms with Crippen molar-refractivity contribution in [2.24, 2.45) is 0 Å². The maximum absolute atomic E-state index is 6.30. The number of anilines is 1. The lowest BCUT2D eigenvalue weighted by atomic mass is 10.1. The number of nitrogens with zero attached hydrogens (tertiary/aromatic N) is 2. The van der Waals surface area contributed by atoms with Gasteiger partial charge in [-0.05, 0) is 17.5 Å². The Balaban J connectivity index is 1.52. The lowest BCUT2D eigenvalue weighted by molar-refractivity contribution is 0.392. The molecule has 2 nitrogen and oxygen atoms in total. The molecule has 0 spiro atoms. The van der Waals surface area contributed by atoms with Crippen LogP contribution in [0.25, 0.3) is 10.8 Å². The first-order valence-electron chi connectivity index (χ1n) is 8.50. The molecule has 0 radical (unpaired) electrons. The number of hydrogen-bond acceptors (Lipinski definition) is 2. The molecule has 0 amide bonds. The van der Waals surface area contributed by atoms with Crippen LogP contribution < -0.4 is 4.90 Å². The molecular formula is C21H19ClN2S. The summed E-state index contributed by atoms with van der Waals surface area (Å²) < 4.78 is 0. The van der Waals surface area contributed by atoms with Crippen LogP contribution in [0.15, 0.2) is 66.7 Å². The molecular weight excluding hydrogens is 348 g/mol. The summed E-state index contributed by atoms with van der Waals surface area (Å²) in [5, 5.41) is 3.32. The van der Waals surface area contributed by atoms with Crippen molar-refractivity contribution in [1.29, 1.82) is 0 Å². The molecule has 4 heteroatoms. The van der Waals surface area contributed by atoms with E-state index in [-0.39, 0.29) is 0 Å². The van der Waals surface area contributed by atoms with Gasteiger partial charge in [-0.25, -0.2) is 0 Å². The SMILES string of the molecule is S=C(c1ccccc1Cl)N1CCN(c2cccc3ccccc23)CC1. The van der Waals surface area contributed by atoms with Gasteiger partial charge in [-0.15, -0.1) is 0 Å². The monoisotopic (exact) mass is 366 g/mol. The Morgan fingerprint density at radius 1 is 0.800 bits per heavy atom. The van der Waals surface area contributed by atoms with Crippen molar-refractivity contribution in [3.05, 3.63) is 77.3 Å². The molecule has 1 heterocycles. The second-order valence-electron chi connectivity index (χ2n) is 6.26. The van der Waals surface area contributed by atoms with Crippen LogP contribution in [0.4, 0.5) is 5.69 Å². The Bertz CT molecular complexity index is 911. The van der Waals surface area contributed by atoms with Gasteiger partial charge in [-0.1, -0.05) is 78.4 Å². The number of rotatable bonds is 2. The van der Waals surface area contributed by atoms with E-state index in [0.29, 0.717) is 0 Å². The minimum absolute atomic E-state index is 0.726. The van der Waals surface area contributed by atoms with E-state index in [1.807, 2.05) is 24.3 Å². The fourth-order valence-corrected chi connectivity index (χ4v) is 4.08. The molecule has 1 aliphatic heterocycles. The number of halogens is 1. The van der Waals surface area contributed by atoms with Gasteiger partial charge in [0.15, 0.2) is 0 Å². The summed E-state index contributed by atoms with van der Waals surface area (Å²) in [6.45, 7) is 3.73. The van der Waals surface area contributed by atoms with E-state index in [4.69, 9.17) is 23.8 Å². The fourth-order valence-electron chi connectivity index (χ4n) is 3.44. The summed E-state index contributed by atoms with van der Waals surface area (Å²) in [5.41, 5.74) is 2.26. The van der Waals surface area contributed by atoms with E-state index in [0.717, 1.165) is 41.8 Å². The van der Waals surface area contributed by atoms with E-state index < -0.39 is 0 Å². The lowest BCUT2D eigenvalue weighted by Gasteiger charge is -2.38. The molecule has 0 saturated carbocycles. The Kier molecular flexibility index (Phi) is 4.60. The fraction of sp³-hybridized carbons (Fsp3) is 0.190. The van der Waals surface area contributed by atoms with E-state index in [1.54, 1.807) is 0 Å². The minimum atomic E-state index is 0.726. The zero-order valence-corrected chi connectivity index (χ0v) is 15.4. The van der Waals surface area contributed by atoms with Gasteiger partial charge in [0.25, 0.3) is 0 Å². The molecule has 3 aromatic carbocycles. The summed E-state index contributed by atoms with van der Waals surface area (Å²) >= 11 is 12.0. The lowest BCUT2D eigenvalue weighted by Crippen LogP contribution is -2.48. The van der Waals surface area contributed by atoms with Crippen LogP contribution in [0.5, 0.6) is 0 Å². The first-order valence-corrected chi connectivity index (χ1v) is 9.29. The molecule has 0 atom stereocenters. The van der Waals surface area contributed by atoms with Crippen LogP contribution in [0.3, 0.4) is 0 Å². The minimum Gasteiger partial charge on any atom is -0.367 e. The molecule has 3 aromatic rings. The van der Waals surface area contributed by atoms with Crippen molar-refractivity contribution in [3.8, 4) is 0 Å². The molecule has 0 N–H and O–H groups in total. The molecule has 1 fully saturated rings. The third-order valence-electron chi connectivity index (χ3n) is 4.78. The molecule has 0 aliphatic carbocycles. The molecule has 25 heavy (non-hydrogen) atoms. The second-order valence-corrected chi connectivity index (χ2v) is 7.05. The van der Waals surface area contributed by atoms with Crippen molar-refractivity contribution in [3.63, 3.8) is 0 Å². The van der Waals surface area contributed by atoms with Gasteiger partial charge in [0.05, 0.1) is 5.02 Å². The molecule has 0 bridgehead atoms. The zero-order chi connectivity index (χ0) is 17.2. The molecule has 1 aliphatic rings. The Morgan fingerprint density at radius 2 is 1.48 bits per heavy atom. The third-order valence-corrected chi connectivity index (χ3v) is 5.59. The standard InChI is InChI=1S/C21H19ClN2S/c22-19-10-4-3-9-18(19)21(25)24-14-12-23(13-15-24)20-11-5-7-16-6-1-2-8-17(16)20/h1-11H,12-15H2. The topological polar surface area (TPSA) is 6.48 Å². The van der Waals surface area contributed by atoms with Crippen LogP contribution in [0, 0.1) is 0 Å². The van der Waals surface area contributed by atoms with Crippen LogP contribution in [-0.4, -0.2) is 36.1 Å². The molecule has 1 saturated heterocycles. The number of piperazine rings is 1. The predicted molar refractivity (Wildman–Crippen MR) is 111 cm³/mol. The van der Waals surface area contributed by atoms with Gasteiger partial charge < -0.3 is 9.80 Å². The van der Waals surface area contributed by atoms with Crippen molar-refractivity contribution >= 4 is 45.3 Å². The molecule has 126 valence electrons. The normalized spacial score (nSPS) is 14.8. The van der Waals surface area contributed by atoms with Crippen LogP contribution in [0.1, 0.15) is 5.56 Å². The van der Waals surface area contributed by atoms with Crippen molar-refractivity contribution < 1.29 is 0 Å². The summed E-state index contributed by atoms with van der Waals surface area (Å²) in [7, 11) is 0. The maximum Gasteiger partial charge on any atom is 0.110 e. The summed E-state index contributed by atoms with van der Waals surface area (Å²) in [4.78, 5) is 5.56. The van der Waals surface area contributed by atoms with Crippen LogP contribution in [0.2, 0.25) is 5.02 Å². The van der Waals surface area contributed by atoms with Crippen molar-refractivity contribution in [2.75, 3.05) is 31.1 Å². The van der Waals surface area contributed by atoms with E-state index >= 15 is 0 Å². The largest absolute Gasteiger partial charge is 0.367 e. The van der Waals surface area contributed by atoms with Gasteiger partial charge in [0, 0.05) is 42.8 Å². The highest BCUT2D eigenvalue weighted by Crippen LogP contribution is 2.28. The second kappa shape index (κ2) is 7.03. The maximum atomic E-state index is 6.30. The van der Waals surface area contributed by atoms with Crippen molar-refractivity contribution in [2.45, 2.75) is 0 Å². The predicted octanol–water partition coefficient (Wildman–Crippen LogP) is 4.99. The number of thiocarbonyl (C=S) groups is 1. The number of fused-ring (bicyclic) bond motifs is 1. The highest BCUT2D eigenvalue weighted by Gasteiger charge is 2.21. The van der Waals surface area contributed by atoms with E-state index in [9.17, 15) is 0 Å². The summed E-state index contributed by atoms with van der Waals surface area (Å²) in [6.07, 6.45) is 0. The first-order chi connectivity index (χ1) is 12.2. The Hall–Kier alpha value is -2.10. The van der Waals surface area contributed by atoms with Crippen molar-refractivity contribution in [1.82, 2.24) is 4.90 Å².